The first-order valence-corrected chi connectivity index (χ1v) is 10.9. The number of carbonyl (C=O) groups is 2. The lowest BCUT2D eigenvalue weighted by molar-refractivity contribution is -0.125. The van der Waals surface area contributed by atoms with Crippen molar-refractivity contribution in [2.45, 2.75) is 18.4 Å². The quantitative estimate of drug-likeness (QED) is 0.712. The van der Waals surface area contributed by atoms with Crippen LogP contribution in [0.1, 0.15) is 23.2 Å². The maximum absolute atomic E-state index is 13.2. The number of hydrogen-bond donors (Lipinski definition) is 2. The molecule has 0 aromatic heterocycles. The fourth-order valence-electron chi connectivity index (χ4n) is 4.29. The first-order chi connectivity index (χ1) is 14.9. The molecule has 0 unspecified atom stereocenters. The largest absolute Gasteiger partial charge is 0.351 e. The van der Waals surface area contributed by atoms with E-state index < -0.39 is 11.4 Å². The van der Waals surface area contributed by atoms with Gasteiger partial charge in [0, 0.05) is 36.9 Å². The number of piperidine rings is 1. The van der Waals surface area contributed by atoms with Crippen LogP contribution in [0.3, 0.4) is 0 Å². The molecule has 2 amide bonds. The third-order valence-corrected chi connectivity index (χ3v) is 6.61. The minimum atomic E-state index is -0.560. The Morgan fingerprint density at radius 2 is 1.84 bits per heavy atom. The zero-order valence-corrected chi connectivity index (χ0v) is 18.3. The molecule has 2 fully saturated rings. The second kappa shape index (κ2) is 9.02. The minimum Gasteiger partial charge on any atom is -0.351 e. The summed E-state index contributed by atoms with van der Waals surface area (Å²) in [5.74, 6) is -0.753. The van der Waals surface area contributed by atoms with Crippen LogP contribution in [0.4, 0.5) is 10.1 Å². The van der Waals surface area contributed by atoms with Gasteiger partial charge < -0.3 is 20.4 Å². The highest BCUT2D eigenvalue weighted by molar-refractivity contribution is 6.33. The molecule has 2 aliphatic heterocycles. The van der Waals surface area contributed by atoms with Crippen molar-refractivity contribution < 1.29 is 14.0 Å². The van der Waals surface area contributed by atoms with Crippen LogP contribution < -0.4 is 15.5 Å². The van der Waals surface area contributed by atoms with Gasteiger partial charge in [-0.05, 0) is 55.3 Å². The average molecular weight is 465 g/mol. The molecule has 2 aromatic rings. The van der Waals surface area contributed by atoms with Crippen molar-refractivity contribution in [1.82, 2.24) is 15.5 Å². The Bertz CT molecular complexity index is 978. The molecule has 2 N–H and O–H groups in total. The van der Waals surface area contributed by atoms with E-state index in [1.807, 2.05) is 24.3 Å². The minimum absolute atomic E-state index is 0.0568. The summed E-state index contributed by atoms with van der Waals surface area (Å²) in [6, 6.07) is 11.3. The van der Waals surface area contributed by atoms with E-state index in [1.165, 1.54) is 12.1 Å². The van der Waals surface area contributed by atoms with Gasteiger partial charge in [-0.3, -0.25) is 9.59 Å². The van der Waals surface area contributed by atoms with Crippen LogP contribution >= 0.6 is 23.2 Å². The molecule has 31 heavy (non-hydrogen) atoms. The zero-order chi connectivity index (χ0) is 22.0. The summed E-state index contributed by atoms with van der Waals surface area (Å²) in [5, 5.41) is 6.56. The molecule has 2 heterocycles. The van der Waals surface area contributed by atoms with Crippen LogP contribution in [0, 0.1) is 5.82 Å². The number of nitrogens with zero attached hydrogens (tertiary/aromatic N) is 2. The van der Waals surface area contributed by atoms with Gasteiger partial charge >= 0.3 is 0 Å². The molecule has 4 rings (SSSR count). The first kappa shape index (κ1) is 21.9. The molecule has 0 aliphatic carbocycles. The molecule has 0 saturated carbocycles. The van der Waals surface area contributed by atoms with Crippen LogP contribution in [-0.4, -0.2) is 55.1 Å². The van der Waals surface area contributed by atoms with Crippen molar-refractivity contribution in [3.05, 3.63) is 63.9 Å². The van der Waals surface area contributed by atoms with E-state index in [0.717, 1.165) is 24.8 Å². The third-order valence-electron chi connectivity index (χ3n) is 6.05. The van der Waals surface area contributed by atoms with Gasteiger partial charge in [-0.15, -0.1) is 0 Å². The molecule has 0 radical (unpaired) electrons. The van der Waals surface area contributed by atoms with E-state index in [4.69, 9.17) is 23.2 Å². The number of halogens is 3. The van der Waals surface area contributed by atoms with E-state index in [1.54, 1.807) is 0 Å². The molecule has 2 aromatic carbocycles. The monoisotopic (exact) mass is 464 g/mol. The molecule has 6 nitrogen and oxygen atoms in total. The first-order valence-electron chi connectivity index (χ1n) is 10.2. The average Bonchev–Trinajstić information content (AvgIpc) is 3.06. The normalized spacial score (nSPS) is 18.3. The number of carbonyl (C=O) groups excluding carboxylic acids is 2. The number of benzene rings is 2. The summed E-state index contributed by atoms with van der Waals surface area (Å²) < 4.78 is 13.2. The SMILES string of the molecule is O=C(NCCN1CCC2(CC1)C(=O)NCN2c1ccc(Cl)cc1)c1ccc(F)cc1Cl. The van der Waals surface area contributed by atoms with E-state index in [2.05, 4.69) is 20.4 Å². The maximum Gasteiger partial charge on any atom is 0.252 e. The Morgan fingerprint density at radius 3 is 2.52 bits per heavy atom. The summed E-state index contributed by atoms with van der Waals surface area (Å²) in [7, 11) is 0. The van der Waals surface area contributed by atoms with Crippen molar-refractivity contribution in [2.24, 2.45) is 0 Å². The molecule has 1 spiro atoms. The smallest absolute Gasteiger partial charge is 0.252 e. The number of hydrogen-bond acceptors (Lipinski definition) is 4. The second-order valence-corrected chi connectivity index (χ2v) is 8.67. The van der Waals surface area contributed by atoms with Crippen LogP contribution in [0.15, 0.2) is 42.5 Å². The fourth-order valence-corrected chi connectivity index (χ4v) is 4.67. The summed E-state index contributed by atoms with van der Waals surface area (Å²) in [4.78, 5) is 29.4. The van der Waals surface area contributed by atoms with Crippen LogP contribution in [-0.2, 0) is 4.79 Å². The number of likely N-dealkylation sites (tertiary alicyclic amines) is 1. The van der Waals surface area contributed by atoms with Crippen molar-refractivity contribution in [2.75, 3.05) is 37.7 Å². The predicted molar refractivity (Wildman–Crippen MR) is 119 cm³/mol. The van der Waals surface area contributed by atoms with Crippen molar-refractivity contribution in [3.8, 4) is 0 Å². The Hall–Kier alpha value is -2.35. The van der Waals surface area contributed by atoms with Gasteiger partial charge in [-0.2, -0.15) is 0 Å². The highest BCUT2D eigenvalue weighted by atomic mass is 35.5. The summed E-state index contributed by atoms with van der Waals surface area (Å²) >= 11 is 12.0. The van der Waals surface area contributed by atoms with Crippen LogP contribution in [0.5, 0.6) is 0 Å². The number of amides is 2. The van der Waals surface area contributed by atoms with E-state index >= 15 is 0 Å². The van der Waals surface area contributed by atoms with Gasteiger partial charge in [0.1, 0.15) is 11.4 Å². The van der Waals surface area contributed by atoms with E-state index in [0.29, 0.717) is 37.6 Å². The Morgan fingerprint density at radius 1 is 1.13 bits per heavy atom. The highest BCUT2D eigenvalue weighted by Crippen LogP contribution is 2.36. The summed E-state index contributed by atoms with van der Waals surface area (Å²) in [6.45, 7) is 3.06. The molecule has 2 saturated heterocycles. The molecular formula is C22H23Cl2FN4O2. The van der Waals surface area contributed by atoms with Crippen molar-refractivity contribution in [1.29, 1.82) is 0 Å². The summed E-state index contributed by atoms with van der Waals surface area (Å²) in [6.07, 6.45) is 1.39. The fraction of sp³-hybridized carbons (Fsp3) is 0.364. The van der Waals surface area contributed by atoms with Gasteiger partial charge in [0.25, 0.3) is 5.91 Å². The molecule has 2 aliphatic rings. The standard InChI is InChI=1S/C22H23Cl2FN4O2/c23-15-1-4-17(5-2-15)29-14-27-21(31)22(29)7-10-28(11-8-22)12-9-26-20(30)18-6-3-16(25)13-19(18)24/h1-6,13H,7-12,14H2,(H,26,30)(H,27,31). The lowest BCUT2D eigenvalue weighted by Crippen LogP contribution is -2.57. The van der Waals surface area contributed by atoms with Gasteiger partial charge in [0.05, 0.1) is 17.3 Å². The lowest BCUT2D eigenvalue weighted by Gasteiger charge is -2.43. The summed E-state index contributed by atoms with van der Waals surface area (Å²) in [5.41, 5.74) is 0.663. The van der Waals surface area contributed by atoms with E-state index in [-0.39, 0.29) is 22.4 Å². The Balaban J connectivity index is 1.32. The number of nitrogens with one attached hydrogen (secondary N) is 2. The lowest BCUT2D eigenvalue weighted by atomic mass is 9.85. The van der Waals surface area contributed by atoms with Gasteiger partial charge in [0.15, 0.2) is 0 Å². The molecule has 164 valence electrons. The molecule has 0 bridgehead atoms. The predicted octanol–water partition coefficient (Wildman–Crippen LogP) is 3.29. The van der Waals surface area contributed by atoms with Crippen molar-refractivity contribution in [3.63, 3.8) is 0 Å². The third kappa shape index (κ3) is 4.49. The molecular weight excluding hydrogens is 442 g/mol. The second-order valence-electron chi connectivity index (χ2n) is 7.82. The van der Waals surface area contributed by atoms with E-state index in [9.17, 15) is 14.0 Å². The zero-order valence-electron chi connectivity index (χ0n) is 16.8. The highest BCUT2D eigenvalue weighted by Gasteiger charge is 2.50. The molecule has 9 heteroatoms. The van der Waals surface area contributed by atoms with Crippen LogP contribution in [0.25, 0.3) is 0 Å². The Labute approximate surface area is 190 Å². The van der Waals surface area contributed by atoms with Crippen molar-refractivity contribution >= 4 is 40.7 Å². The van der Waals surface area contributed by atoms with Gasteiger partial charge in [0.2, 0.25) is 5.91 Å². The number of rotatable bonds is 5. The van der Waals surface area contributed by atoms with Gasteiger partial charge in [-0.25, -0.2) is 4.39 Å². The topological polar surface area (TPSA) is 64.7 Å². The van der Waals surface area contributed by atoms with Crippen LogP contribution in [0.2, 0.25) is 10.0 Å². The number of anilines is 1. The Kier molecular flexibility index (Phi) is 6.36. The maximum atomic E-state index is 13.2. The van der Waals surface area contributed by atoms with Gasteiger partial charge in [-0.1, -0.05) is 23.2 Å². The molecule has 0 atom stereocenters.